The first kappa shape index (κ1) is 11.9. The van der Waals surface area contributed by atoms with E-state index in [1.54, 1.807) is 6.07 Å². The summed E-state index contributed by atoms with van der Waals surface area (Å²) >= 11 is 5.60. The van der Waals surface area contributed by atoms with Crippen molar-refractivity contribution >= 4 is 11.6 Å². The molecule has 0 saturated carbocycles. The van der Waals surface area contributed by atoms with Crippen LogP contribution in [0.5, 0.6) is 0 Å². The van der Waals surface area contributed by atoms with Crippen molar-refractivity contribution in [3.63, 3.8) is 0 Å². The molecule has 0 radical (unpaired) electrons. The van der Waals surface area contributed by atoms with Gasteiger partial charge in [-0.05, 0) is 24.6 Å². The first-order valence-electron chi connectivity index (χ1n) is 5.07. The molecule has 17 heavy (non-hydrogen) atoms. The second-order valence-electron chi connectivity index (χ2n) is 3.62. The van der Waals surface area contributed by atoms with Gasteiger partial charge in [-0.25, -0.2) is 4.39 Å². The lowest BCUT2D eigenvalue weighted by molar-refractivity contribution is 0.544. The molecule has 5 nitrogen and oxygen atoms in total. The van der Waals surface area contributed by atoms with Crippen molar-refractivity contribution in [1.82, 2.24) is 25.9 Å². The predicted octanol–water partition coefficient (Wildman–Crippen LogP) is 1.84. The molecule has 2 N–H and O–H groups in total. The molecule has 0 bridgehead atoms. The highest BCUT2D eigenvalue weighted by molar-refractivity contribution is 6.30. The molecule has 90 valence electrons. The molecule has 1 atom stereocenters. The molecular weight excluding hydrogens is 245 g/mol. The van der Waals surface area contributed by atoms with Crippen LogP contribution >= 0.6 is 11.6 Å². The molecule has 0 spiro atoms. The van der Waals surface area contributed by atoms with Gasteiger partial charge >= 0.3 is 0 Å². The number of aromatic amines is 1. The average Bonchev–Trinajstić information content (AvgIpc) is 2.84. The molecule has 1 aromatic heterocycles. The second-order valence-corrected chi connectivity index (χ2v) is 4.03. The molecule has 2 rings (SSSR count). The van der Waals surface area contributed by atoms with E-state index in [0.29, 0.717) is 12.4 Å². The Bertz CT molecular complexity index is 487. The van der Waals surface area contributed by atoms with Crippen LogP contribution in [0, 0.1) is 5.82 Å². The number of hydrogen-bond donors (Lipinski definition) is 2. The van der Waals surface area contributed by atoms with Gasteiger partial charge in [-0.1, -0.05) is 22.9 Å². The van der Waals surface area contributed by atoms with Gasteiger partial charge in [-0.3, -0.25) is 0 Å². The monoisotopic (exact) mass is 255 g/mol. The maximum absolute atomic E-state index is 13.2. The Balaban J connectivity index is 1.96. The summed E-state index contributed by atoms with van der Waals surface area (Å²) in [7, 11) is 0. The summed E-state index contributed by atoms with van der Waals surface area (Å²) < 4.78 is 13.2. The summed E-state index contributed by atoms with van der Waals surface area (Å²) in [6.45, 7) is 2.40. The number of halogens is 2. The van der Waals surface area contributed by atoms with Gasteiger partial charge in [0.2, 0.25) is 0 Å². The van der Waals surface area contributed by atoms with Crippen LogP contribution < -0.4 is 5.32 Å². The number of tetrazole rings is 1. The number of aromatic nitrogens is 4. The lowest BCUT2D eigenvalue weighted by atomic mass is 10.2. The Morgan fingerprint density at radius 2 is 2.35 bits per heavy atom. The topological polar surface area (TPSA) is 66.5 Å². The Hall–Kier alpha value is -1.53. The zero-order valence-corrected chi connectivity index (χ0v) is 9.87. The lowest BCUT2D eigenvalue weighted by Gasteiger charge is -2.09. The highest BCUT2D eigenvalue weighted by Crippen LogP contribution is 2.16. The van der Waals surface area contributed by atoms with Crippen molar-refractivity contribution in [2.75, 3.05) is 0 Å². The minimum Gasteiger partial charge on any atom is -0.303 e. The first-order chi connectivity index (χ1) is 8.16. The summed E-state index contributed by atoms with van der Waals surface area (Å²) in [5.74, 6) is 0.151. The summed E-state index contributed by atoms with van der Waals surface area (Å²) in [6, 6.07) is 4.64. The van der Waals surface area contributed by atoms with Crippen LogP contribution in [0.2, 0.25) is 5.02 Å². The average molecular weight is 256 g/mol. The van der Waals surface area contributed by atoms with Gasteiger partial charge in [-0.15, -0.1) is 10.2 Å². The molecule has 0 saturated heterocycles. The molecule has 0 aliphatic carbocycles. The van der Waals surface area contributed by atoms with E-state index in [4.69, 9.17) is 11.6 Å². The summed E-state index contributed by atoms with van der Waals surface area (Å²) in [6.07, 6.45) is 0. The Morgan fingerprint density at radius 3 is 3.00 bits per heavy atom. The predicted molar refractivity (Wildman–Crippen MR) is 60.8 cm³/mol. The molecule has 7 heteroatoms. The van der Waals surface area contributed by atoms with Gasteiger partial charge in [0.15, 0.2) is 5.82 Å². The van der Waals surface area contributed by atoms with Crippen LogP contribution in [0.3, 0.4) is 0 Å². The third kappa shape index (κ3) is 2.98. The van der Waals surface area contributed by atoms with Crippen LogP contribution in [0.1, 0.15) is 24.4 Å². The maximum atomic E-state index is 13.2. The number of H-pyrrole nitrogens is 1. The van der Waals surface area contributed by atoms with Gasteiger partial charge in [0.1, 0.15) is 5.82 Å². The van der Waals surface area contributed by atoms with Gasteiger partial charge in [0.05, 0.1) is 11.1 Å². The van der Waals surface area contributed by atoms with Crippen molar-refractivity contribution < 1.29 is 4.39 Å². The number of nitrogens with one attached hydrogen (secondary N) is 2. The van der Waals surface area contributed by atoms with Crippen LogP contribution in [0.15, 0.2) is 18.2 Å². The highest BCUT2D eigenvalue weighted by atomic mass is 35.5. The zero-order chi connectivity index (χ0) is 12.3. The van der Waals surface area contributed by atoms with E-state index in [9.17, 15) is 4.39 Å². The van der Waals surface area contributed by atoms with Crippen molar-refractivity contribution in [1.29, 1.82) is 0 Å². The third-order valence-corrected chi connectivity index (χ3v) is 2.65. The van der Waals surface area contributed by atoms with Gasteiger partial charge < -0.3 is 5.32 Å². The van der Waals surface area contributed by atoms with Crippen molar-refractivity contribution in [3.05, 3.63) is 40.4 Å². The van der Waals surface area contributed by atoms with Crippen molar-refractivity contribution in [2.24, 2.45) is 0 Å². The Morgan fingerprint density at radius 1 is 1.53 bits per heavy atom. The van der Waals surface area contributed by atoms with E-state index in [2.05, 4.69) is 25.9 Å². The number of benzene rings is 1. The molecule has 0 amide bonds. The second kappa shape index (κ2) is 5.20. The summed E-state index contributed by atoms with van der Waals surface area (Å²) in [5, 5.41) is 16.8. The van der Waals surface area contributed by atoms with Crippen LogP contribution in [-0.2, 0) is 6.54 Å². The molecule has 1 aromatic carbocycles. The Kier molecular flexibility index (Phi) is 3.65. The normalized spacial score (nSPS) is 12.6. The third-order valence-electron chi connectivity index (χ3n) is 2.35. The zero-order valence-electron chi connectivity index (χ0n) is 9.11. The molecule has 1 heterocycles. The van der Waals surface area contributed by atoms with Gasteiger partial charge in [-0.2, -0.15) is 5.21 Å². The lowest BCUT2D eigenvalue weighted by Crippen LogP contribution is -2.19. The first-order valence-corrected chi connectivity index (χ1v) is 5.45. The number of rotatable bonds is 4. The number of hydrogen-bond acceptors (Lipinski definition) is 4. The van der Waals surface area contributed by atoms with Crippen LogP contribution in [0.25, 0.3) is 0 Å². The Labute approximate surface area is 102 Å². The minimum atomic E-state index is -0.418. The smallest absolute Gasteiger partial charge is 0.191 e. The van der Waals surface area contributed by atoms with E-state index in [1.807, 2.05) is 6.92 Å². The maximum Gasteiger partial charge on any atom is 0.191 e. The molecular formula is C10H11ClFN5. The molecule has 0 aliphatic heterocycles. The fraction of sp³-hybridized carbons (Fsp3) is 0.300. The number of nitrogens with zero attached hydrogens (tertiary/aromatic N) is 3. The van der Waals surface area contributed by atoms with E-state index in [1.165, 1.54) is 12.1 Å². The van der Waals surface area contributed by atoms with Crippen molar-refractivity contribution in [3.8, 4) is 0 Å². The highest BCUT2D eigenvalue weighted by Gasteiger charge is 2.09. The van der Waals surface area contributed by atoms with E-state index in [0.717, 1.165) is 5.56 Å². The fourth-order valence-corrected chi connectivity index (χ4v) is 1.48. The minimum absolute atomic E-state index is 0.0625. The van der Waals surface area contributed by atoms with Crippen LogP contribution in [0.4, 0.5) is 4.39 Å². The quantitative estimate of drug-likeness (QED) is 0.875. The summed E-state index contributed by atoms with van der Waals surface area (Å²) in [4.78, 5) is 0. The van der Waals surface area contributed by atoms with E-state index < -0.39 is 5.82 Å². The van der Waals surface area contributed by atoms with Crippen LogP contribution in [-0.4, -0.2) is 20.6 Å². The molecule has 1 unspecified atom stereocenters. The van der Waals surface area contributed by atoms with Gasteiger partial charge in [0, 0.05) is 6.54 Å². The van der Waals surface area contributed by atoms with E-state index >= 15 is 0 Å². The summed E-state index contributed by atoms with van der Waals surface area (Å²) in [5.41, 5.74) is 0.808. The molecule has 0 fully saturated rings. The largest absolute Gasteiger partial charge is 0.303 e. The molecule has 0 aliphatic rings. The fourth-order valence-electron chi connectivity index (χ4n) is 1.36. The molecule has 2 aromatic rings. The SMILES string of the molecule is CC(NCc1ccc(Cl)c(F)c1)c1nn[nH]n1. The van der Waals surface area contributed by atoms with Crippen molar-refractivity contribution in [2.45, 2.75) is 19.5 Å². The standard InChI is InChI=1S/C10H11ClFN5/c1-6(10-14-16-17-15-10)13-5-7-2-3-8(11)9(12)4-7/h2-4,6,13H,5H2,1H3,(H,14,15,16,17). The van der Waals surface area contributed by atoms with Gasteiger partial charge in [0.25, 0.3) is 0 Å². The van der Waals surface area contributed by atoms with E-state index in [-0.39, 0.29) is 11.1 Å².